The van der Waals surface area contributed by atoms with Gasteiger partial charge in [-0.3, -0.25) is 19.8 Å². The Morgan fingerprint density at radius 1 is 1.11 bits per heavy atom. The summed E-state index contributed by atoms with van der Waals surface area (Å²) >= 11 is 0. The highest BCUT2D eigenvalue weighted by Gasteiger charge is 2.26. The van der Waals surface area contributed by atoms with Crippen LogP contribution in [0.3, 0.4) is 0 Å². The molecule has 0 bridgehead atoms. The lowest BCUT2D eigenvalue weighted by atomic mass is 10.1. The van der Waals surface area contributed by atoms with Crippen LogP contribution >= 0.6 is 0 Å². The predicted octanol–water partition coefficient (Wildman–Crippen LogP) is 2.93. The number of nitrogens with zero attached hydrogens (tertiary/aromatic N) is 4. The van der Waals surface area contributed by atoms with E-state index in [0.717, 1.165) is 19.6 Å². The minimum Gasteiger partial charge on any atom is -0.377 e. The summed E-state index contributed by atoms with van der Waals surface area (Å²) in [7, 11) is 3.66. The number of hydrogen-bond acceptors (Lipinski definition) is 5. The smallest absolute Gasteiger partial charge is 0.270 e. The number of non-ortho nitro benzene ring substituents is 1. The largest absolute Gasteiger partial charge is 0.377 e. The molecule has 0 atom stereocenters. The van der Waals surface area contributed by atoms with Crippen LogP contribution in [0.4, 0.5) is 11.4 Å². The fraction of sp³-hybridized carbons (Fsp3) is 0.381. The molecule has 0 aromatic heterocycles. The second-order valence-electron chi connectivity index (χ2n) is 7.35. The van der Waals surface area contributed by atoms with E-state index in [1.807, 2.05) is 31.1 Å². The molecule has 1 aliphatic rings. The number of carbonyl (C=O) groups is 1. The molecule has 0 N–H and O–H groups in total. The summed E-state index contributed by atoms with van der Waals surface area (Å²) in [5, 5.41) is 11.1. The first-order valence-corrected chi connectivity index (χ1v) is 9.38. The van der Waals surface area contributed by atoms with Gasteiger partial charge in [-0.15, -0.1) is 0 Å². The zero-order chi connectivity index (χ0) is 20.3. The zero-order valence-electron chi connectivity index (χ0n) is 16.6. The van der Waals surface area contributed by atoms with E-state index in [-0.39, 0.29) is 11.6 Å². The monoisotopic (exact) mass is 382 g/mol. The molecule has 0 aliphatic carbocycles. The van der Waals surface area contributed by atoms with Crippen LogP contribution in [-0.4, -0.2) is 60.9 Å². The number of nitro groups is 1. The lowest BCUT2D eigenvalue weighted by Gasteiger charge is -2.35. The summed E-state index contributed by atoms with van der Waals surface area (Å²) in [6, 6.07) is 12.8. The lowest BCUT2D eigenvalue weighted by molar-refractivity contribution is -0.384. The summed E-state index contributed by atoms with van der Waals surface area (Å²) in [5.41, 5.74) is 3.58. The average Bonchev–Trinajstić information content (AvgIpc) is 2.69. The third-order valence-electron chi connectivity index (χ3n) is 5.22. The Bertz CT molecular complexity index is 874. The summed E-state index contributed by atoms with van der Waals surface area (Å²) < 4.78 is 0. The molecule has 148 valence electrons. The molecular weight excluding hydrogens is 356 g/mol. The number of piperazine rings is 1. The molecule has 1 saturated heterocycles. The van der Waals surface area contributed by atoms with Crippen molar-refractivity contribution in [1.29, 1.82) is 0 Å². The molecule has 1 fully saturated rings. The van der Waals surface area contributed by atoms with Crippen LogP contribution in [0.5, 0.6) is 0 Å². The van der Waals surface area contributed by atoms with Crippen LogP contribution in [0.1, 0.15) is 21.5 Å². The molecule has 7 nitrogen and oxygen atoms in total. The fourth-order valence-corrected chi connectivity index (χ4v) is 3.51. The Morgan fingerprint density at radius 3 is 2.39 bits per heavy atom. The van der Waals surface area contributed by atoms with E-state index in [1.54, 1.807) is 11.0 Å². The van der Waals surface area contributed by atoms with Crippen molar-refractivity contribution in [2.75, 3.05) is 45.2 Å². The summed E-state index contributed by atoms with van der Waals surface area (Å²) in [6.45, 7) is 5.77. The Balaban J connectivity index is 1.70. The van der Waals surface area contributed by atoms with Crippen molar-refractivity contribution in [3.8, 4) is 0 Å². The van der Waals surface area contributed by atoms with Crippen molar-refractivity contribution >= 4 is 17.3 Å². The van der Waals surface area contributed by atoms with Gasteiger partial charge in [0.05, 0.1) is 10.5 Å². The van der Waals surface area contributed by atoms with Gasteiger partial charge in [0.25, 0.3) is 11.6 Å². The van der Waals surface area contributed by atoms with Crippen molar-refractivity contribution in [3.63, 3.8) is 0 Å². The number of amides is 1. The highest BCUT2D eigenvalue weighted by molar-refractivity contribution is 6.00. The van der Waals surface area contributed by atoms with Crippen LogP contribution < -0.4 is 4.90 Å². The van der Waals surface area contributed by atoms with Gasteiger partial charge in [-0.25, -0.2) is 0 Å². The van der Waals surface area contributed by atoms with Crippen molar-refractivity contribution in [3.05, 3.63) is 69.3 Å². The number of nitro benzene ring substituents is 1. The third-order valence-corrected chi connectivity index (χ3v) is 5.22. The van der Waals surface area contributed by atoms with Gasteiger partial charge in [-0.05, 0) is 24.1 Å². The maximum absolute atomic E-state index is 13.1. The van der Waals surface area contributed by atoms with Gasteiger partial charge < -0.3 is 9.80 Å². The van der Waals surface area contributed by atoms with E-state index >= 15 is 0 Å². The predicted molar refractivity (Wildman–Crippen MR) is 110 cm³/mol. The Hall–Kier alpha value is -2.93. The van der Waals surface area contributed by atoms with Crippen molar-refractivity contribution in [2.45, 2.75) is 13.5 Å². The number of benzene rings is 2. The number of hydrogen-bond donors (Lipinski definition) is 0. The van der Waals surface area contributed by atoms with Gasteiger partial charge in [0.2, 0.25) is 0 Å². The molecule has 1 aliphatic heterocycles. The van der Waals surface area contributed by atoms with Gasteiger partial charge in [0.1, 0.15) is 0 Å². The van der Waals surface area contributed by atoms with Crippen molar-refractivity contribution < 1.29 is 9.72 Å². The number of aryl methyl sites for hydroxylation is 1. The fourth-order valence-electron chi connectivity index (χ4n) is 3.51. The van der Waals surface area contributed by atoms with Crippen molar-refractivity contribution in [1.82, 2.24) is 9.80 Å². The van der Waals surface area contributed by atoms with Crippen LogP contribution in [-0.2, 0) is 6.54 Å². The minimum absolute atomic E-state index is 0.0628. The Kier molecular flexibility index (Phi) is 5.94. The maximum Gasteiger partial charge on any atom is 0.270 e. The number of anilines is 1. The molecule has 2 aromatic rings. The van der Waals surface area contributed by atoms with Crippen LogP contribution in [0.25, 0.3) is 0 Å². The maximum atomic E-state index is 13.1. The lowest BCUT2D eigenvalue weighted by Crippen LogP contribution is -2.48. The number of carbonyl (C=O) groups excluding carboxylic acids is 1. The van der Waals surface area contributed by atoms with Gasteiger partial charge in [-0.2, -0.15) is 0 Å². The third kappa shape index (κ3) is 4.31. The Morgan fingerprint density at radius 2 is 1.79 bits per heavy atom. The topological polar surface area (TPSA) is 69.9 Å². The first kappa shape index (κ1) is 19.8. The van der Waals surface area contributed by atoms with Gasteiger partial charge in [0.15, 0.2) is 0 Å². The molecular formula is C21H26N4O3. The first-order valence-electron chi connectivity index (χ1n) is 9.38. The van der Waals surface area contributed by atoms with E-state index in [4.69, 9.17) is 0 Å². The molecule has 3 rings (SSSR count). The van der Waals surface area contributed by atoms with Gasteiger partial charge in [-0.1, -0.05) is 24.3 Å². The number of rotatable bonds is 5. The SMILES string of the molecule is Cc1ccccc1CN1CCN(C(=O)c2cc([N+](=O)[O-])ccc2N(C)C)CC1. The molecule has 0 radical (unpaired) electrons. The Labute approximate surface area is 165 Å². The highest BCUT2D eigenvalue weighted by Crippen LogP contribution is 2.26. The standard InChI is InChI=1S/C21H26N4O3/c1-16-6-4-5-7-17(16)15-23-10-12-24(13-11-23)21(26)19-14-18(25(27)28)8-9-20(19)22(2)3/h4-9,14H,10-13,15H2,1-3H3. The first-order chi connectivity index (χ1) is 13.4. The van der Waals surface area contributed by atoms with E-state index in [0.29, 0.717) is 24.3 Å². The second kappa shape index (κ2) is 8.39. The molecule has 2 aromatic carbocycles. The quantitative estimate of drug-likeness (QED) is 0.587. The summed E-state index contributed by atoms with van der Waals surface area (Å²) in [4.78, 5) is 29.7. The second-order valence-corrected chi connectivity index (χ2v) is 7.35. The van der Waals surface area contributed by atoms with Gasteiger partial charge >= 0.3 is 0 Å². The molecule has 28 heavy (non-hydrogen) atoms. The normalized spacial score (nSPS) is 14.8. The molecule has 0 saturated carbocycles. The molecule has 0 spiro atoms. The van der Waals surface area contributed by atoms with Gasteiger partial charge in [0, 0.05) is 64.6 Å². The minimum atomic E-state index is -0.462. The van der Waals surface area contributed by atoms with E-state index < -0.39 is 4.92 Å². The van der Waals surface area contributed by atoms with E-state index in [1.165, 1.54) is 23.3 Å². The zero-order valence-corrected chi connectivity index (χ0v) is 16.6. The average molecular weight is 382 g/mol. The molecule has 1 heterocycles. The summed E-state index contributed by atoms with van der Waals surface area (Å²) in [6.07, 6.45) is 0. The molecule has 0 unspecified atom stereocenters. The van der Waals surface area contributed by atoms with Crippen molar-refractivity contribution in [2.24, 2.45) is 0 Å². The molecule has 1 amide bonds. The van der Waals surface area contributed by atoms with E-state index in [9.17, 15) is 14.9 Å². The highest BCUT2D eigenvalue weighted by atomic mass is 16.6. The summed E-state index contributed by atoms with van der Waals surface area (Å²) in [5.74, 6) is -0.150. The van der Waals surface area contributed by atoms with Crippen LogP contribution in [0.15, 0.2) is 42.5 Å². The van der Waals surface area contributed by atoms with Crippen LogP contribution in [0.2, 0.25) is 0 Å². The van der Waals surface area contributed by atoms with Crippen LogP contribution in [0, 0.1) is 17.0 Å². The molecule has 7 heteroatoms. The van der Waals surface area contributed by atoms with E-state index in [2.05, 4.69) is 24.0 Å².